The molecule has 4 N–H and O–H groups in total. The molecule has 19 heavy (non-hydrogen) atoms. The maximum Gasteiger partial charge on any atom is 0.337 e. The zero-order valence-corrected chi connectivity index (χ0v) is 11.5. The molecule has 0 radical (unpaired) electrons. The molecule has 0 aliphatic carbocycles. The molecule has 0 heterocycles. The van der Waals surface area contributed by atoms with Crippen molar-refractivity contribution >= 4 is 39.3 Å². The summed E-state index contributed by atoms with van der Waals surface area (Å²) in [6.45, 7) is 0. The summed E-state index contributed by atoms with van der Waals surface area (Å²) in [5.74, 6) is -6.84. The first kappa shape index (κ1) is 14.4. The van der Waals surface area contributed by atoms with Crippen molar-refractivity contribution in [2.75, 3.05) is 0 Å². The van der Waals surface area contributed by atoms with Crippen LogP contribution in [0.4, 0.5) is 0 Å². The van der Waals surface area contributed by atoms with Crippen LogP contribution in [-0.2, 0) is 0 Å². The Morgan fingerprint density at radius 1 is 0.737 bits per heavy atom. The Morgan fingerprint density at radius 2 is 1.16 bits per heavy atom. The van der Waals surface area contributed by atoms with E-state index in [9.17, 15) is 19.2 Å². The van der Waals surface area contributed by atoms with E-state index in [1.54, 1.807) is 0 Å². The molecule has 100 valence electrons. The zero-order chi connectivity index (χ0) is 14.9. The van der Waals surface area contributed by atoms with Crippen molar-refractivity contribution < 1.29 is 39.6 Å². The van der Waals surface area contributed by atoms with Crippen LogP contribution in [0.15, 0.2) is 6.07 Å². The first-order valence-corrected chi connectivity index (χ1v) is 5.79. The number of carboxylic acids is 4. The molecule has 0 saturated carbocycles. The highest BCUT2D eigenvalue weighted by Gasteiger charge is 2.30. The molecule has 0 spiro atoms. The van der Waals surface area contributed by atoms with Crippen molar-refractivity contribution in [1.29, 1.82) is 0 Å². The first-order valence-electron chi connectivity index (χ1n) is 4.79. The molecule has 0 fully saturated rings. The molecule has 0 aliphatic heterocycles. The van der Waals surface area contributed by atoms with Crippen LogP contribution in [0.2, 0.25) is 0 Å². The fraction of sp³-hybridized carbons (Fsp3) is 0. The molecule has 1 rings (SSSR count). The highest BCUT2D eigenvalue weighted by molar-refractivity contribution is 6.38. The lowest BCUT2D eigenvalue weighted by Gasteiger charge is -2.12. The van der Waals surface area contributed by atoms with E-state index in [4.69, 9.17) is 20.4 Å². The number of benzene rings is 1. The summed E-state index contributed by atoms with van der Waals surface area (Å²) in [6, 6.07) is 0.883. The van der Waals surface area contributed by atoms with Crippen molar-refractivity contribution in [3.8, 4) is 0 Å². The molecule has 9 heteroatoms. The van der Waals surface area contributed by atoms with Gasteiger partial charge in [-0.15, -0.1) is 0 Å². The number of hydrogen-bond acceptors (Lipinski definition) is 4. The Hall–Kier alpha value is -2.68. The van der Waals surface area contributed by atoms with Gasteiger partial charge in [0.05, 0.1) is 22.3 Å². The van der Waals surface area contributed by atoms with E-state index in [1.807, 2.05) is 0 Å². The van der Waals surface area contributed by atoms with Crippen LogP contribution >= 0.6 is 0 Å². The van der Waals surface area contributed by atoms with Gasteiger partial charge in [0, 0.05) is 10.2 Å². The maximum absolute atomic E-state index is 11.1. The van der Waals surface area contributed by atoms with Gasteiger partial charge in [-0.2, -0.15) is 0 Å². The molecule has 0 atom stereocenters. The fourth-order valence-electron chi connectivity index (χ4n) is 1.70. The molecule has 0 bridgehead atoms. The molecular weight excluding hydrogens is 276 g/mol. The largest absolute Gasteiger partial charge is 0.478 e. The number of rotatable bonds is 4. The zero-order valence-electron chi connectivity index (χ0n) is 9.50. The SMILES string of the molecule is O=C(O)c1cc([SiH3])c(C(=O)O)c(C(=O)O)c1C(=O)O. The standard InChI is InChI=1S/C10H8O8Si/c11-7(12)2-1-3(19)5(9(15)16)6(10(17)18)4(2)8(13)14/h1H,19H3,(H,11,12)(H,13,14)(H,15,16)(H,17,18). The van der Waals surface area contributed by atoms with Crippen molar-refractivity contribution in [1.82, 2.24) is 0 Å². The van der Waals surface area contributed by atoms with Gasteiger partial charge < -0.3 is 20.4 Å². The average Bonchev–Trinajstić information content (AvgIpc) is 2.25. The summed E-state index contributed by atoms with van der Waals surface area (Å²) in [5.41, 5.74) is -3.46. The minimum absolute atomic E-state index is 0.00713. The Balaban J connectivity index is 3.98. The molecule has 1 aromatic rings. The number of carboxylic acid groups (broad SMARTS) is 4. The fourth-order valence-corrected chi connectivity index (χ4v) is 2.45. The predicted molar refractivity (Wildman–Crippen MR) is 63.9 cm³/mol. The van der Waals surface area contributed by atoms with Gasteiger partial charge in [0.25, 0.3) is 0 Å². The third kappa shape index (κ3) is 2.45. The van der Waals surface area contributed by atoms with Gasteiger partial charge in [-0.1, -0.05) is 5.19 Å². The second-order valence-electron chi connectivity index (χ2n) is 3.59. The molecule has 0 aliphatic rings. The highest BCUT2D eigenvalue weighted by Crippen LogP contribution is 2.19. The average molecular weight is 284 g/mol. The molecule has 0 amide bonds. The Labute approximate surface area is 108 Å². The minimum atomic E-state index is -1.81. The normalized spacial score (nSPS) is 10.1. The maximum atomic E-state index is 11.1. The summed E-state index contributed by atoms with van der Waals surface area (Å²) in [4.78, 5) is 44.1. The van der Waals surface area contributed by atoms with Crippen LogP contribution in [0, 0.1) is 0 Å². The number of aromatic carboxylic acids is 4. The van der Waals surface area contributed by atoms with Gasteiger partial charge in [0.2, 0.25) is 0 Å². The molecule has 8 nitrogen and oxygen atoms in total. The van der Waals surface area contributed by atoms with E-state index >= 15 is 0 Å². The minimum Gasteiger partial charge on any atom is -0.478 e. The van der Waals surface area contributed by atoms with Crippen LogP contribution < -0.4 is 5.19 Å². The molecule has 1 aromatic carbocycles. The van der Waals surface area contributed by atoms with Crippen LogP contribution in [-0.4, -0.2) is 54.5 Å². The lowest BCUT2D eigenvalue weighted by atomic mass is 9.95. The van der Waals surface area contributed by atoms with Gasteiger partial charge in [-0.3, -0.25) is 0 Å². The van der Waals surface area contributed by atoms with Crippen molar-refractivity contribution in [3.05, 3.63) is 28.3 Å². The Morgan fingerprint density at radius 3 is 1.47 bits per heavy atom. The van der Waals surface area contributed by atoms with E-state index in [1.165, 1.54) is 0 Å². The van der Waals surface area contributed by atoms with E-state index in [2.05, 4.69) is 0 Å². The highest BCUT2D eigenvalue weighted by atomic mass is 28.1. The second-order valence-corrected chi connectivity index (χ2v) is 4.66. The van der Waals surface area contributed by atoms with Crippen LogP contribution in [0.1, 0.15) is 41.4 Å². The van der Waals surface area contributed by atoms with E-state index in [0.717, 1.165) is 6.07 Å². The summed E-state index contributed by atoms with van der Waals surface area (Å²) < 4.78 is 0. The summed E-state index contributed by atoms with van der Waals surface area (Å²) in [6.07, 6.45) is 0. The van der Waals surface area contributed by atoms with E-state index < -0.39 is 46.1 Å². The summed E-state index contributed by atoms with van der Waals surface area (Å²) >= 11 is 0. The first-order chi connectivity index (χ1) is 8.68. The van der Waals surface area contributed by atoms with Gasteiger partial charge in [0.15, 0.2) is 0 Å². The third-order valence-corrected chi connectivity index (χ3v) is 3.19. The summed E-state index contributed by atoms with van der Waals surface area (Å²) in [7, 11) is 0.0554. The molecular formula is C10H8O8Si. The van der Waals surface area contributed by atoms with Gasteiger partial charge in [0.1, 0.15) is 0 Å². The lowest BCUT2D eigenvalue weighted by molar-refractivity contribution is 0.0620. The second kappa shape index (κ2) is 4.90. The smallest absolute Gasteiger partial charge is 0.337 e. The van der Waals surface area contributed by atoms with Crippen molar-refractivity contribution in [2.45, 2.75) is 0 Å². The predicted octanol–water partition coefficient (Wildman–Crippen LogP) is -1.53. The van der Waals surface area contributed by atoms with E-state index in [-0.39, 0.29) is 15.4 Å². The van der Waals surface area contributed by atoms with Gasteiger partial charge in [-0.25, -0.2) is 19.2 Å². The van der Waals surface area contributed by atoms with Crippen LogP contribution in [0.3, 0.4) is 0 Å². The lowest BCUT2D eigenvalue weighted by Crippen LogP contribution is -2.27. The molecule has 0 aromatic heterocycles. The van der Waals surface area contributed by atoms with Gasteiger partial charge >= 0.3 is 23.9 Å². The van der Waals surface area contributed by atoms with Crippen molar-refractivity contribution in [3.63, 3.8) is 0 Å². The summed E-state index contributed by atoms with van der Waals surface area (Å²) in [5, 5.41) is 35.7. The van der Waals surface area contributed by atoms with Crippen molar-refractivity contribution in [2.24, 2.45) is 0 Å². The Bertz CT molecular complexity index is 618. The van der Waals surface area contributed by atoms with Crippen LogP contribution in [0.25, 0.3) is 0 Å². The number of carbonyl (C=O) groups is 4. The topological polar surface area (TPSA) is 149 Å². The van der Waals surface area contributed by atoms with E-state index in [0.29, 0.717) is 0 Å². The van der Waals surface area contributed by atoms with Gasteiger partial charge in [-0.05, 0) is 6.07 Å². The van der Waals surface area contributed by atoms with Crippen LogP contribution in [0.5, 0.6) is 0 Å². The quantitative estimate of drug-likeness (QED) is 0.486. The number of hydrogen-bond donors (Lipinski definition) is 4. The monoisotopic (exact) mass is 284 g/mol. The molecule has 0 saturated heterocycles. The Kier molecular flexibility index (Phi) is 3.71. The molecule has 0 unspecified atom stereocenters. The third-order valence-electron chi connectivity index (χ3n) is 2.40.